The molecule has 1 aromatic carbocycles. The van der Waals surface area contributed by atoms with Crippen LogP contribution in [0.4, 0.5) is 0 Å². The van der Waals surface area contributed by atoms with Crippen LogP contribution < -0.4 is 9.47 Å². The third-order valence-corrected chi connectivity index (χ3v) is 4.41. The van der Waals surface area contributed by atoms with Crippen molar-refractivity contribution in [2.75, 3.05) is 26.6 Å². The Morgan fingerprint density at radius 3 is 2.91 bits per heavy atom. The zero-order chi connectivity index (χ0) is 15.4. The molecule has 3 rings (SSSR count). The van der Waals surface area contributed by atoms with Gasteiger partial charge in [0.1, 0.15) is 11.5 Å². The minimum Gasteiger partial charge on any atom is -0.497 e. The average Bonchev–Trinajstić information content (AvgIpc) is 3.23. The fraction of sp³-hybridized carbons (Fsp3) is 0.467. The largest absolute Gasteiger partial charge is 0.497 e. The summed E-state index contributed by atoms with van der Waals surface area (Å²) in [6.45, 7) is 0.851. The molecule has 118 valence electrons. The van der Waals surface area contributed by atoms with Gasteiger partial charge in [-0.05, 0) is 25.0 Å². The second-order valence-corrected chi connectivity index (χ2v) is 5.86. The van der Waals surface area contributed by atoms with Crippen molar-refractivity contribution in [3.05, 3.63) is 18.2 Å². The van der Waals surface area contributed by atoms with Gasteiger partial charge in [-0.3, -0.25) is 0 Å². The molecule has 1 fully saturated rings. The van der Waals surface area contributed by atoms with Crippen molar-refractivity contribution in [3.63, 3.8) is 0 Å². The standard InChI is InChI=1S/C15H18N2O4S/c1-18-10-5-6-12(13(8-10)19-2)14-16-17-15(21-14)22-9-11-4-3-7-20-11/h5-6,8,11H,3-4,7,9H2,1-2H3/t11-/m1/s1. The number of aromatic nitrogens is 2. The molecule has 2 aromatic rings. The molecule has 0 radical (unpaired) electrons. The van der Waals surface area contributed by atoms with E-state index in [-0.39, 0.29) is 6.10 Å². The summed E-state index contributed by atoms with van der Waals surface area (Å²) in [7, 11) is 3.21. The smallest absolute Gasteiger partial charge is 0.276 e. The molecule has 6 nitrogen and oxygen atoms in total. The summed E-state index contributed by atoms with van der Waals surface area (Å²) in [6, 6.07) is 5.47. The Bertz CT molecular complexity index is 626. The molecule has 0 amide bonds. The Morgan fingerprint density at radius 1 is 1.27 bits per heavy atom. The number of rotatable bonds is 6. The van der Waals surface area contributed by atoms with Crippen LogP contribution in [0.2, 0.25) is 0 Å². The number of thioether (sulfide) groups is 1. The van der Waals surface area contributed by atoms with E-state index < -0.39 is 0 Å². The molecule has 0 spiro atoms. The molecule has 1 aliphatic heterocycles. The number of nitrogens with zero attached hydrogens (tertiary/aromatic N) is 2. The first kappa shape index (κ1) is 15.2. The molecule has 0 saturated carbocycles. The number of methoxy groups -OCH3 is 2. The van der Waals surface area contributed by atoms with E-state index in [1.807, 2.05) is 12.1 Å². The van der Waals surface area contributed by atoms with Gasteiger partial charge in [0.15, 0.2) is 0 Å². The quantitative estimate of drug-likeness (QED) is 0.757. The van der Waals surface area contributed by atoms with Crippen molar-refractivity contribution >= 4 is 11.8 Å². The summed E-state index contributed by atoms with van der Waals surface area (Å²) in [4.78, 5) is 0. The minimum absolute atomic E-state index is 0.288. The van der Waals surface area contributed by atoms with Crippen molar-refractivity contribution in [3.8, 4) is 23.0 Å². The van der Waals surface area contributed by atoms with Crippen LogP contribution in [0.1, 0.15) is 12.8 Å². The van der Waals surface area contributed by atoms with Gasteiger partial charge in [0, 0.05) is 18.4 Å². The highest BCUT2D eigenvalue weighted by Gasteiger charge is 2.19. The average molecular weight is 322 g/mol. The van der Waals surface area contributed by atoms with Crippen LogP contribution in [-0.2, 0) is 4.74 Å². The van der Waals surface area contributed by atoms with Crippen molar-refractivity contribution in [1.82, 2.24) is 10.2 Å². The molecular weight excluding hydrogens is 304 g/mol. The molecular formula is C15H18N2O4S. The Balaban J connectivity index is 1.72. The second kappa shape index (κ2) is 7.02. The predicted molar refractivity (Wildman–Crippen MR) is 82.5 cm³/mol. The number of ether oxygens (including phenoxy) is 3. The molecule has 0 bridgehead atoms. The highest BCUT2D eigenvalue weighted by Crippen LogP contribution is 2.34. The Morgan fingerprint density at radius 2 is 2.18 bits per heavy atom. The van der Waals surface area contributed by atoms with E-state index >= 15 is 0 Å². The molecule has 0 N–H and O–H groups in total. The van der Waals surface area contributed by atoms with Gasteiger partial charge < -0.3 is 18.6 Å². The summed E-state index contributed by atoms with van der Waals surface area (Å²) in [5.41, 5.74) is 0.750. The van der Waals surface area contributed by atoms with Crippen LogP contribution in [0, 0.1) is 0 Å². The molecule has 1 aliphatic rings. The molecule has 7 heteroatoms. The fourth-order valence-corrected chi connectivity index (χ4v) is 3.12. The summed E-state index contributed by atoms with van der Waals surface area (Å²) in [5, 5.41) is 8.72. The zero-order valence-corrected chi connectivity index (χ0v) is 13.4. The lowest BCUT2D eigenvalue weighted by atomic mass is 10.2. The first-order valence-corrected chi connectivity index (χ1v) is 8.09. The Labute approximate surface area is 133 Å². The van der Waals surface area contributed by atoms with E-state index in [9.17, 15) is 0 Å². The zero-order valence-electron chi connectivity index (χ0n) is 12.6. The maximum absolute atomic E-state index is 5.71. The van der Waals surface area contributed by atoms with E-state index in [2.05, 4.69) is 10.2 Å². The lowest BCUT2D eigenvalue weighted by Gasteiger charge is -2.07. The lowest BCUT2D eigenvalue weighted by molar-refractivity contribution is 0.128. The van der Waals surface area contributed by atoms with Crippen LogP contribution in [0.25, 0.3) is 11.5 Å². The maximum Gasteiger partial charge on any atom is 0.276 e. The molecule has 1 atom stereocenters. The Kier molecular flexibility index (Phi) is 4.84. The minimum atomic E-state index is 0.288. The summed E-state index contributed by atoms with van der Waals surface area (Å²) in [6.07, 6.45) is 2.51. The summed E-state index contributed by atoms with van der Waals surface area (Å²) < 4.78 is 21.8. The number of hydrogen-bond donors (Lipinski definition) is 0. The third-order valence-electron chi connectivity index (χ3n) is 3.46. The molecule has 1 saturated heterocycles. The van der Waals surface area contributed by atoms with Crippen molar-refractivity contribution in [1.29, 1.82) is 0 Å². The van der Waals surface area contributed by atoms with Gasteiger partial charge >= 0.3 is 0 Å². The van der Waals surface area contributed by atoms with Gasteiger partial charge in [-0.2, -0.15) is 0 Å². The molecule has 2 heterocycles. The monoisotopic (exact) mass is 322 g/mol. The Hall–Kier alpha value is -1.73. The van der Waals surface area contributed by atoms with Crippen LogP contribution >= 0.6 is 11.8 Å². The van der Waals surface area contributed by atoms with E-state index in [0.717, 1.165) is 30.8 Å². The molecule has 0 unspecified atom stereocenters. The van der Waals surface area contributed by atoms with E-state index in [1.165, 1.54) is 11.8 Å². The van der Waals surface area contributed by atoms with Gasteiger partial charge in [0.05, 0.1) is 25.9 Å². The van der Waals surface area contributed by atoms with Crippen molar-refractivity contribution in [2.24, 2.45) is 0 Å². The maximum atomic E-state index is 5.71. The lowest BCUT2D eigenvalue weighted by Crippen LogP contribution is -2.07. The normalized spacial score (nSPS) is 17.6. The SMILES string of the molecule is COc1ccc(-c2nnc(SC[C@H]3CCCO3)o2)c(OC)c1. The molecule has 22 heavy (non-hydrogen) atoms. The highest BCUT2D eigenvalue weighted by atomic mass is 32.2. The fourth-order valence-electron chi connectivity index (χ4n) is 2.29. The first-order valence-electron chi connectivity index (χ1n) is 7.10. The van der Waals surface area contributed by atoms with Crippen LogP contribution in [0.5, 0.6) is 11.5 Å². The van der Waals surface area contributed by atoms with Crippen LogP contribution in [0.15, 0.2) is 27.8 Å². The summed E-state index contributed by atoms with van der Waals surface area (Å²) in [5.74, 6) is 2.63. The second-order valence-electron chi connectivity index (χ2n) is 4.89. The van der Waals surface area contributed by atoms with Crippen molar-refractivity contribution < 1.29 is 18.6 Å². The van der Waals surface area contributed by atoms with Gasteiger partial charge in [-0.25, -0.2) is 0 Å². The van der Waals surface area contributed by atoms with Crippen LogP contribution in [-0.4, -0.2) is 42.9 Å². The van der Waals surface area contributed by atoms with Gasteiger partial charge in [-0.15, -0.1) is 10.2 Å². The number of hydrogen-bond acceptors (Lipinski definition) is 7. The van der Waals surface area contributed by atoms with Crippen molar-refractivity contribution in [2.45, 2.75) is 24.2 Å². The van der Waals surface area contributed by atoms with Gasteiger partial charge in [0.25, 0.3) is 11.1 Å². The molecule has 1 aromatic heterocycles. The van der Waals surface area contributed by atoms with Gasteiger partial charge in [-0.1, -0.05) is 11.8 Å². The topological polar surface area (TPSA) is 66.6 Å². The third kappa shape index (κ3) is 3.36. The highest BCUT2D eigenvalue weighted by molar-refractivity contribution is 7.99. The van der Waals surface area contributed by atoms with E-state index in [0.29, 0.717) is 22.6 Å². The van der Waals surface area contributed by atoms with E-state index in [4.69, 9.17) is 18.6 Å². The predicted octanol–water partition coefficient (Wildman–Crippen LogP) is 3.02. The summed E-state index contributed by atoms with van der Waals surface area (Å²) >= 11 is 1.52. The number of benzene rings is 1. The van der Waals surface area contributed by atoms with Crippen LogP contribution in [0.3, 0.4) is 0 Å². The first-order chi connectivity index (χ1) is 10.8. The molecule has 0 aliphatic carbocycles. The van der Waals surface area contributed by atoms with Gasteiger partial charge in [0.2, 0.25) is 0 Å². The van der Waals surface area contributed by atoms with E-state index in [1.54, 1.807) is 20.3 Å².